The normalized spacial score (nSPS) is 26.6. The lowest BCUT2D eigenvalue weighted by Gasteiger charge is -2.45. The highest BCUT2D eigenvalue weighted by Crippen LogP contribution is 2.57. The highest BCUT2D eigenvalue weighted by molar-refractivity contribution is 6.01. The average molecular weight is 464 g/mol. The lowest BCUT2D eigenvalue weighted by Crippen LogP contribution is -2.42. The molecule has 1 N–H and O–H groups in total. The van der Waals surface area contributed by atoms with Crippen LogP contribution in [0.1, 0.15) is 80.5 Å². The molecule has 0 unspecified atom stereocenters. The monoisotopic (exact) mass is 464 g/mol. The number of allylic oxidation sites excluding steroid dienone is 2. The van der Waals surface area contributed by atoms with Gasteiger partial charge in [0, 0.05) is 53.8 Å². The van der Waals surface area contributed by atoms with Crippen molar-refractivity contribution in [3.8, 4) is 0 Å². The largest absolute Gasteiger partial charge is 0.416 e. The van der Waals surface area contributed by atoms with Gasteiger partial charge in [0.05, 0.1) is 11.3 Å². The first-order valence-electron chi connectivity index (χ1n) is 11.1. The van der Waals surface area contributed by atoms with E-state index in [1.165, 1.54) is 6.07 Å². The van der Waals surface area contributed by atoms with Crippen LogP contribution in [0.4, 0.5) is 22.0 Å². The third-order valence-electron chi connectivity index (χ3n) is 7.47. The number of hydrogen-bond donors (Lipinski definition) is 1. The number of aromatic nitrogens is 2. The number of carbonyl (C=O) groups is 1. The number of hydrogen-bond acceptors (Lipinski definition) is 2. The Morgan fingerprint density at radius 1 is 1.09 bits per heavy atom. The summed E-state index contributed by atoms with van der Waals surface area (Å²) in [5, 5.41) is 7.36. The van der Waals surface area contributed by atoms with Crippen molar-refractivity contribution >= 4 is 5.78 Å². The van der Waals surface area contributed by atoms with Gasteiger partial charge in [0.1, 0.15) is 0 Å². The van der Waals surface area contributed by atoms with Gasteiger partial charge in [0.15, 0.2) is 5.78 Å². The summed E-state index contributed by atoms with van der Waals surface area (Å²) in [4.78, 5) is 13.5. The summed E-state index contributed by atoms with van der Waals surface area (Å²) in [6.45, 7) is 5.75. The van der Waals surface area contributed by atoms with Crippen molar-refractivity contribution in [1.29, 1.82) is 0 Å². The van der Waals surface area contributed by atoms with E-state index in [1.54, 1.807) is 13.0 Å². The number of Topliss-reactive ketones (excluding diaryl/α,β-unsaturated/α-hetero) is 1. The van der Waals surface area contributed by atoms with Crippen LogP contribution in [0, 0.1) is 5.41 Å². The summed E-state index contributed by atoms with van der Waals surface area (Å²) in [6, 6.07) is 5.01. The second kappa shape index (κ2) is 6.76. The standard InChI is InChI=1S/C25H25F5N2O/c1-22(2)9-13-7-17-20(21(32-31-17)14-10-24(26,27)11-14)23(3,19(13)18(33)12-22)15-5-4-6-16(8-15)25(28,29)30/h4-6,8,14H,7,9-12H2,1-3H3,(H,31,32)/t23-/m0/s1. The van der Waals surface area contributed by atoms with Gasteiger partial charge < -0.3 is 0 Å². The van der Waals surface area contributed by atoms with Crippen molar-refractivity contribution in [2.24, 2.45) is 5.41 Å². The summed E-state index contributed by atoms with van der Waals surface area (Å²) in [5.41, 5.74) is 1.18. The zero-order valence-corrected chi connectivity index (χ0v) is 18.7. The molecule has 33 heavy (non-hydrogen) atoms. The molecular weight excluding hydrogens is 439 g/mol. The zero-order valence-electron chi connectivity index (χ0n) is 18.7. The Balaban J connectivity index is 1.74. The van der Waals surface area contributed by atoms with Gasteiger partial charge in [0.2, 0.25) is 5.92 Å². The fraction of sp³-hybridized carbons (Fsp3) is 0.520. The Bertz CT molecular complexity index is 1180. The molecule has 1 heterocycles. The molecule has 1 saturated carbocycles. The molecule has 1 atom stereocenters. The van der Waals surface area contributed by atoms with Crippen LogP contribution in [0.3, 0.4) is 0 Å². The van der Waals surface area contributed by atoms with E-state index in [9.17, 15) is 26.7 Å². The van der Waals surface area contributed by atoms with Crippen LogP contribution in [0.2, 0.25) is 0 Å². The van der Waals surface area contributed by atoms with Crippen LogP contribution in [-0.2, 0) is 22.8 Å². The van der Waals surface area contributed by atoms with Crippen molar-refractivity contribution < 1.29 is 26.7 Å². The molecule has 3 aliphatic carbocycles. The number of aromatic amines is 1. The first-order valence-corrected chi connectivity index (χ1v) is 11.1. The third-order valence-corrected chi connectivity index (χ3v) is 7.47. The molecule has 0 amide bonds. The first-order chi connectivity index (χ1) is 15.2. The highest BCUT2D eigenvalue weighted by Gasteiger charge is 2.53. The van der Waals surface area contributed by atoms with Gasteiger partial charge in [-0.15, -0.1) is 0 Å². The minimum atomic E-state index is -4.55. The third kappa shape index (κ3) is 3.44. The maximum atomic E-state index is 13.7. The summed E-state index contributed by atoms with van der Waals surface area (Å²) in [6.07, 6.45) is -3.91. The number of benzene rings is 1. The van der Waals surface area contributed by atoms with Crippen molar-refractivity contribution in [2.45, 2.75) is 76.3 Å². The lowest BCUT2D eigenvalue weighted by molar-refractivity contribution is -0.137. The van der Waals surface area contributed by atoms with Crippen molar-refractivity contribution in [2.75, 3.05) is 0 Å². The average Bonchev–Trinajstić information content (AvgIpc) is 3.08. The molecule has 1 aromatic heterocycles. The van der Waals surface area contributed by atoms with E-state index >= 15 is 0 Å². The van der Waals surface area contributed by atoms with Gasteiger partial charge in [-0.3, -0.25) is 9.89 Å². The van der Waals surface area contributed by atoms with E-state index in [4.69, 9.17) is 0 Å². The second-order valence-electron chi connectivity index (χ2n) is 10.7. The Hall–Kier alpha value is -2.51. The molecule has 0 spiro atoms. The van der Waals surface area contributed by atoms with Gasteiger partial charge in [-0.05, 0) is 30.4 Å². The van der Waals surface area contributed by atoms with Crippen LogP contribution in [0.15, 0.2) is 35.4 Å². The summed E-state index contributed by atoms with van der Waals surface area (Å²) < 4.78 is 68.2. The summed E-state index contributed by atoms with van der Waals surface area (Å²) in [7, 11) is 0. The number of halogens is 5. The van der Waals surface area contributed by atoms with Gasteiger partial charge >= 0.3 is 6.18 Å². The molecule has 2 aromatic rings. The van der Waals surface area contributed by atoms with Gasteiger partial charge in [0.25, 0.3) is 0 Å². The van der Waals surface area contributed by atoms with Crippen LogP contribution in [-0.4, -0.2) is 21.9 Å². The molecule has 3 aliphatic rings. The van der Waals surface area contributed by atoms with Gasteiger partial charge in [-0.1, -0.05) is 37.6 Å². The minimum absolute atomic E-state index is 0.0992. The van der Waals surface area contributed by atoms with Gasteiger partial charge in [-0.25, -0.2) is 8.78 Å². The minimum Gasteiger partial charge on any atom is -0.294 e. The number of nitrogens with zero attached hydrogens (tertiary/aromatic N) is 1. The van der Waals surface area contributed by atoms with E-state index in [0.29, 0.717) is 40.9 Å². The van der Waals surface area contributed by atoms with Crippen LogP contribution in [0.5, 0.6) is 0 Å². The van der Waals surface area contributed by atoms with Crippen molar-refractivity contribution in [3.63, 3.8) is 0 Å². The summed E-state index contributed by atoms with van der Waals surface area (Å²) >= 11 is 0. The van der Waals surface area contributed by atoms with E-state index in [1.807, 2.05) is 13.8 Å². The van der Waals surface area contributed by atoms with E-state index in [0.717, 1.165) is 17.7 Å². The quantitative estimate of drug-likeness (QED) is 0.517. The van der Waals surface area contributed by atoms with Gasteiger partial charge in [-0.2, -0.15) is 18.3 Å². The molecule has 176 valence electrons. The number of H-pyrrole nitrogens is 1. The maximum absolute atomic E-state index is 13.7. The number of ketones is 1. The number of nitrogens with one attached hydrogen (secondary N) is 1. The number of rotatable bonds is 2. The molecule has 3 nitrogen and oxygen atoms in total. The Labute approximate surface area is 188 Å². The number of fused-ring (bicyclic) bond motifs is 1. The van der Waals surface area contributed by atoms with E-state index in [-0.39, 0.29) is 30.5 Å². The zero-order chi connectivity index (χ0) is 24.0. The molecule has 0 bridgehead atoms. The van der Waals surface area contributed by atoms with Crippen molar-refractivity contribution in [1.82, 2.24) is 10.2 Å². The molecular formula is C25H25F5N2O. The fourth-order valence-corrected chi connectivity index (χ4v) is 6.10. The molecule has 5 rings (SSSR count). The fourth-order valence-electron chi connectivity index (χ4n) is 6.10. The Morgan fingerprint density at radius 3 is 2.42 bits per heavy atom. The number of carbonyl (C=O) groups excluding carboxylic acids is 1. The lowest BCUT2D eigenvalue weighted by atomic mass is 9.57. The van der Waals surface area contributed by atoms with Crippen LogP contribution in [0.25, 0.3) is 0 Å². The molecule has 0 aliphatic heterocycles. The molecule has 1 fully saturated rings. The number of alkyl halides is 5. The summed E-state index contributed by atoms with van der Waals surface area (Å²) in [5.74, 6) is -3.37. The van der Waals surface area contributed by atoms with Crippen LogP contribution >= 0.6 is 0 Å². The Morgan fingerprint density at radius 2 is 1.79 bits per heavy atom. The van der Waals surface area contributed by atoms with E-state index < -0.39 is 29.0 Å². The van der Waals surface area contributed by atoms with E-state index in [2.05, 4.69) is 10.2 Å². The second-order valence-corrected chi connectivity index (χ2v) is 10.7. The highest BCUT2D eigenvalue weighted by atomic mass is 19.4. The molecule has 1 aromatic carbocycles. The molecule has 0 saturated heterocycles. The molecule has 0 radical (unpaired) electrons. The smallest absolute Gasteiger partial charge is 0.294 e. The predicted molar refractivity (Wildman–Crippen MR) is 112 cm³/mol. The SMILES string of the molecule is CC1(C)CC(=O)C2=C(Cc3[nH]nc(C4CC(F)(F)C4)c3[C@@]2(C)c2cccc(C(F)(F)F)c2)C1. The first kappa shape index (κ1) is 22.3. The molecule has 8 heteroatoms. The maximum Gasteiger partial charge on any atom is 0.416 e. The Kier molecular flexibility index (Phi) is 4.57. The van der Waals surface area contributed by atoms with Crippen LogP contribution < -0.4 is 0 Å². The topological polar surface area (TPSA) is 45.8 Å². The predicted octanol–water partition coefficient (Wildman–Crippen LogP) is 6.49. The van der Waals surface area contributed by atoms with Crippen molar-refractivity contribution in [3.05, 3.63) is 63.5 Å².